The maximum atomic E-state index is 6.93. The zero-order valence-corrected chi connectivity index (χ0v) is 22.4. The van der Waals surface area contributed by atoms with Crippen molar-refractivity contribution in [2.45, 2.75) is 102 Å². The van der Waals surface area contributed by atoms with Gasteiger partial charge in [0.1, 0.15) is 0 Å². The van der Waals surface area contributed by atoms with Gasteiger partial charge in [-0.1, -0.05) is 113 Å². The van der Waals surface area contributed by atoms with Crippen molar-refractivity contribution in [3.8, 4) is 0 Å². The van der Waals surface area contributed by atoms with Crippen LogP contribution in [0.4, 0.5) is 0 Å². The number of hydrogen-bond acceptors (Lipinski definition) is 2. The summed E-state index contributed by atoms with van der Waals surface area (Å²) in [6.07, 6.45) is 17.5. The Kier molecular flexibility index (Phi) is 10.6. The van der Waals surface area contributed by atoms with Crippen LogP contribution in [0.2, 0.25) is 0 Å². The van der Waals surface area contributed by atoms with Gasteiger partial charge in [0.25, 0.3) is 0 Å². The largest absolute Gasteiger partial charge is 0.321 e. The van der Waals surface area contributed by atoms with Gasteiger partial charge >= 0.3 is 0 Å². The van der Waals surface area contributed by atoms with Gasteiger partial charge in [0, 0.05) is 11.1 Å². The number of hydrogen-bond donors (Lipinski definition) is 2. The Morgan fingerprint density at radius 3 is 1.46 bits per heavy atom. The summed E-state index contributed by atoms with van der Waals surface area (Å²) in [6, 6.07) is 21.4. The third-order valence-electron chi connectivity index (χ3n) is 8.96. The van der Waals surface area contributed by atoms with E-state index in [4.69, 9.17) is 11.5 Å². The first-order valence-electron chi connectivity index (χ1n) is 14.4. The Balaban J connectivity index is 0.000000183. The molecule has 2 aromatic rings. The van der Waals surface area contributed by atoms with Gasteiger partial charge in [-0.05, 0) is 73.8 Å². The molecule has 5 rings (SSSR count). The molecule has 0 aromatic heterocycles. The van der Waals surface area contributed by atoms with E-state index in [0.29, 0.717) is 5.92 Å². The maximum Gasteiger partial charge on any atom is 0.0472 e. The van der Waals surface area contributed by atoms with Gasteiger partial charge in [0.15, 0.2) is 0 Å². The molecule has 0 radical (unpaired) electrons. The molecule has 2 nitrogen and oxygen atoms in total. The molecule has 3 fully saturated rings. The summed E-state index contributed by atoms with van der Waals surface area (Å²) < 4.78 is 0. The molecule has 0 saturated heterocycles. The Hall–Kier alpha value is -1.90. The molecule has 2 atom stereocenters. The molecule has 2 heteroatoms. The van der Waals surface area contributed by atoms with Crippen molar-refractivity contribution in [1.82, 2.24) is 0 Å². The van der Waals surface area contributed by atoms with Crippen molar-refractivity contribution in [2.75, 3.05) is 0 Å². The summed E-state index contributed by atoms with van der Waals surface area (Å²) in [5.74, 6) is 2.07. The molecule has 0 bridgehead atoms. The molecule has 0 heterocycles. The normalized spacial score (nSPS) is 21.9. The fourth-order valence-electron chi connectivity index (χ4n) is 6.77. The predicted molar refractivity (Wildman–Crippen MR) is 152 cm³/mol. The predicted octanol–water partition coefficient (Wildman–Crippen LogP) is 8.46. The second kappa shape index (κ2) is 13.4. The molecular weight excluding hydrogens is 424 g/mol. The molecule has 3 aliphatic carbocycles. The van der Waals surface area contributed by atoms with Crippen LogP contribution in [0.25, 0.3) is 0 Å². The van der Waals surface area contributed by atoms with Crippen molar-refractivity contribution >= 4 is 0 Å². The molecule has 4 N–H and O–H groups in total. The molecule has 0 spiro atoms. The lowest BCUT2D eigenvalue weighted by Crippen LogP contribution is -2.52. The first-order valence-corrected chi connectivity index (χ1v) is 14.4. The van der Waals surface area contributed by atoms with Gasteiger partial charge in [0.05, 0.1) is 0 Å². The highest BCUT2D eigenvalue weighted by atomic mass is 14.8. The summed E-state index contributed by atoms with van der Waals surface area (Å²) in [5.41, 5.74) is 16.0. The van der Waals surface area contributed by atoms with Gasteiger partial charge in [-0.25, -0.2) is 0 Å². The van der Waals surface area contributed by atoms with Crippen molar-refractivity contribution in [1.29, 1.82) is 0 Å². The topological polar surface area (TPSA) is 52.0 Å². The van der Waals surface area contributed by atoms with E-state index in [0.717, 1.165) is 18.3 Å². The molecule has 192 valence electrons. The molecule has 0 amide bonds. The van der Waals surface area contributed by atoms with Crippen LogP contribution < -0.4 is 11.5 Å². The third-order valence-corrected chi connectivity index (χ3v) is 8.96. The van der Waals surface area contributed by atoms with E-state index < -0.39 is 0 Å². The van der Waals surface area contributed by atoms with Gasteiger partial charge in [0.2, 0.25) is 0 Å². The highest BCUT2D eigenvalue weighted by Gasteiger charge is 2.46. The van der Waals surface area contributed by atoms with E-state index in [9.17, 15) is 0 Å². The van der Waals surface area contributed by atoms with Crippen LogP contribution in [0.1, 0.15) is 102 Å². The third kappa shape index (κ3) is 6.27. The molecule has 3 aliphatic rings. The van der Waals surface area contributed by atoms with Crippen molar-refractivity contribution in [3.63, 3.8) is 0 Å². The average Bonchev–Trinajstić information content (AvgIpc) is 3.61. The fourth-order valence-corrected chi connectivity index (χ4v) is 6.77. The van der Waals surface area contributed by atoms with E-state index in [1.54, 1.807) is 0 Å². The lowest BCUT2D eigenvalue weighted by atomic mass is 9.62. The van der Waals surface area contributed by atoms with Crippen LogP contribution in [0.3, 0.4) is 0 Å². The van der Waals surface area contributed by atoms with Crippen LogP contribution in [0, 0.1) is 17.8 Å². The minimum atomic E-state index is -0.195. The number of nitrogens with two attached hydrogens (primary N) is 2. The molecule has 2 unspecified atom stereocenters. The van der Waals surface area contributed by atoms with E-state index in [1.807, 2.05) is 26.0 Å². The van der Waals surface area contributed by atoms with Crippen LogP contribution in [-0.2, 0) is 11.1 Å². The van der Waals surface area contributed by atoms with Crippen molar-refractivity contribution in [2.24, 2.45) is 29.2 Å². The van der Waals surface area contributed by atoms with E-state index in [2.05, 4.69) is 61.2 Å². The molecule has 2 aromatic carbocycles. The van der Waals surface area contributed by atoms with Gasteiger partial charge in [-0.15, -0.1) is 6.58 Å². The second-order valence-electron chi connectivity index (χ2n) is 10.8. The van der Waals surface area contributed by atoms with Crippen LogP contribution in [-0.4, -0.2) is 0 Å². The maximum absolute atomic E-state index is 6.93. The summed E-state index contributed by atoms with van der Waals surface area (Å²) >= 11 is 0. The molecule has 35 heavy (non-hydrogen) atoms. The monoisotopic (exact) mass is 474 g/mol. The van der Waals surface area contributed by atoms with Crippen LogP contribution in [0.5, 0.6) is 0 Å². The summed E-state index contributed by atoms with van der Waals surface area (Å²) in [7, 11) is 0. The van der Waals surface area contributed by atoms with Crippen LogP contribution in [0.15, 0.2) is 73.3 Å². The van der Waals surface area contributed by atoms with Gasteiger partial charge in [-0.3, -0.25) is 0 Å². The SMILES string of the molecule is C=CCC(N)(c1ccccc1)C1CCCC1.CC.NC(c1ccccc1)(C1CCCC1)C1CCC1. The fraction of sp³-hybridized carbons (Fsp3) is 0.576. The summed E-state index contributed by atoms with van der Waals surface area (Å²) in [5, 5.41) is 0. The minimum absolute atomic E-state index is 0.0317. The Labute approximate surface area is 215 Å². The van der Waals surface area contributed by atoms with Crippen LogP contribution >= 0.6 is 0 Å². The van der Waals surface area contributed by atoms with Crippen molar-refractivity contribution in [3.05, 3.63) is 84.4 Å². The smallest absolute Gasteiger partial charge is 0.0472 e. The zero-order chi connectivity index (χ0) is 25.2. The molecular formula is C33H50N2. The lowest BCUT2D eigenvalue weighted by Gasteiger charge is -2.47. The highest BCUT2D eigenvalue weighted by Crippen LogP contribution is 2.50. The Morgan fingerprint density at radius 2 is 1.06 bits per heavy atom. The second-order valence-corrected chi connectivity index (χ2v) is 10.8. The van der Waals surface area contributed by atoms with E-state index in [-0.39, 0.29) is 11.1 Å². The van der Waals surface area contributed by atoms with E-state index >= 15 is 0 Å². The van der Waals surface area contributed by atoms with Crippen molar-refractivity contribution < 1.29 is 0 Å². The molecule has 3 saturated carbocycles. The highest BCUT2D eigenvalue weighted by molar-refractivity contribution is 5.28. The van der Waals surface area contributed by atoms with E-state index in [1.165, 1.54) is 81.8 Å². The summed E-state index contributed by atoms with van der Waals surface area (Å²) in [6.45, 7) is 7.86. The Bertz CT molecular complexity index is 847. The first-order chi connectivity index (χ1) is 17.1. The molecule has 0 aliphatic heterocycles. The number of benzene rings is 2. The first kappa shape index (κ1) is 27.7. The average molecular weight is 475 g/mol. The minimum Gasteiger partial charge on any atom is -0.321 e. The zero-order valence-electron chi connectivity index (χ0n) is 22.4. The number of rotatable bonds is 7. The van der Waals surface area contributed by atoms with Gasteiger partial charge in [-0.2, -0.15) is 0 Å². The van der Waals surface area contributed by atoms with Gasteiger partial charge < -0.3 is 11.5 Å². The quantitative estimate of drug-likeness (QED) is 0.395. The standard InChI is InChI=1S/C16H23N.C15H21N.C2H6/c17-16(15-11-6-12-15,14-9-4-5-10-14)13-7-2-1-3-8-13;1-2-12-15(16,14-10-6-7-11-14)13-8-4-3-5-9-13;1-2/h1-3,7-8,14-15H,4-6,9-12,17H2;2-5,8-9,14H,1,6-7,10-12,16H2;1-2H3. The Morgan fingerprint density at radius 1 is 0.657 bits per heavy atom. The summed E-state index contributed by atoms with van der Waals surface area (Å²) in [4.78, 5) is 0. The lowest BCUT2D eigenvalue weighted by molar-refractivity contribution is 0.104.